The predicted octanol–water partition coefficient (Wildman–Crippen LogP) is 1.60. The van der Waals surface area contributed by atoms with E-state index in [2.05, 4.69) is 4.74 Å². The summed E-state index contributed by atoms with van der Waals surface area (Å²) < 4.78 is 18.3. The summed E-state index contributed by atoms with van der Waals surface area (Å²) in [5, 5.41) is 0. The molecule has 2 N–H and O–H groups in total. The van der Waals surface area contributed by atoms with Gasteiger partial charge in [-0.25, -0.2) is 9.18 Å². The van der Waals surface area contributed by atoms with Crippen LogP contribution in [0.4, 0.5) is 4.39 Å². The highest BCUT2D eigenvalue weighted by Gasteiger charge is 2.44. The van der Waals surface area contributed by atoms with Gasteiger partial charge in [-0.05, 0) is 30.5 Å². The van der Waals surface area contributed by atoms with Crippen molar-refractivity contribution in [2.75, 3.05) is 13.7 Å². The minimum Gasteiger partial charge on any atom is -0.465 e. The number of halogens is 1. The van der Waals surface area contributed by atoms with Crippen LogP contribution in [0.3, 0.4) is 0 Å². The Hall–Kier alpha value is -1.42. The van der Waals surface area contributed by atoms with E-state index in [1.54, 1.807) is 12.1 Å². The van der Waals surface area contributed by atoms with E-state index < -0.39 is 5.97 Å². The third-order valence-electron chi connectivity index (χ3n) is 3.21. The van der Waals surface area contributed by atoms with Crippen LogP contribution in [0.1, 0.15) is 28.8 Å². The van der Waals surface area contributed by atoms with E-state index in [1.807, 2.05) is 0 Å². The second kappa shape index (κ2) is 3.87. The van der Waals surface area contributed by atoms with Crippen molar-refractivity contribution >= 4 is 5.97 Å². The molecule has 0 aromatic heterocycles. The van der Waals surface area contributed by atoms with Crippen LogP contribution >= 0.6 is 0 Å². The lowest BCUT2D eigenvalue weighted by molar-refractivity contribution is 0.0600. The molecule has 0 saturated heterocycles. The van der Waals surface area contributed by atoms with Gasteiger partial charge in [-0.15, -0.1) is 0 Å². The van der Waals surface area contributed by atoms with Crippen molar-refractivity contribution in [2.45, 2.75) is 18.3 Å². The SMILES string of the molecule is COC(=O)c1ccc(C2(CN)CC2)c(F)c1. The van der Waals surface area contributed by atoms with Crippen molar-refractivity contribution in [1.29, 1.82) is 0 Å². The topological polar surface area (TPSA) is 52.3 Å². The van der Waals surface area contributed by atoms with Gasteiger partial charge in [0.15, 0.2) is 0 Å². The number of benzene rings is 1. The lowest BCUT2D eigenvalue weighted by Gasteiger charge is -2.14. The van der Waals surface area contributed by atoms with Crippen LogP contribution in [0.2, 0.25) is 0 Å². The molecule has 0 aliphatic heterocycles. The Morgan fingerprint density at radius 2 is 2.25 bits per heavy atom. The van der Waals surface area contributed by atoms with Crippen molar-refractivity contribution in [2.24, 2.45) is 5.73 Å². The van der Waals surface area contributed by atoms with Crippen LogP contribution in [0.15, 0.2) is 18.2 Å². The largest absolute Gasteiger partial charge is 0.465 e. The molecule has 2 rings (SSSR count). The lowest BCUT2D eigenvalue weighted by atomic mass is 9.94. The fraction of sp³-hybridized carbons (Fsp3) is 0.417. The van der Waals surface area contributed by atoms with Crippen LogP contribution in [-0.2, 0) is 10.2 Å². The maximum atomic E-state index is 13.8. The second-order valence-electron chi connectivity index (χ2n) is 4.17. The van der Waals surface area contributed by atoms with E-state index in [0.717, 1.165) is 12.8 Å². The van der Waals surface area contributed by atoms with Crippen molar-refractivity contribution in [3.63, 3.8) is 0 Å². The monoisotopic (exact) mass is 223 g/mol. The van der Waals surface area contributed by atoms with E-state index >= 15 is 0 Å². The van der Waals surface area contributed by atoms with E-state index in [1.165, 1.54) is 13.2 Å². The van der Waals surface area contributed by atoms with Gasteiger partial charge in [-0.2, -0.15) is 0 Å². The third kappa shape index (κ3) is 1.69. The first kappa shape index (κ1) is 11.1. The fourth-order valence-electron chi connectivity index (χ4n) is 1.92. The first-order chi connectivity index (χ1) is 7.63. The number of carbonyl (C=O) groups is 1. The smallest absolute Gasteiger partial charge is 0.337 e. The number of rotatable bonds is 3. The van der Waals surface area contributed by atoms with Crippen LogP contribution in [0, 0.1) is 5.82 Å². The number of hydrogen-bond acceptors (Lipinski definition) is 3. The highest BCUT2D eigenvalue weighted by molar-refractivity contribution is 5.89. The minimum absolute atomic E-state index is 0.196. The van der Waals surface area contributed by atoms with Gasteiger partial charge in [0.1, 0.15) is 5.82 Å². The Bertz CT molecular complexity index is 427. The molecule has 4 heteroatoms. The van der Waals surface area contributed by atoms with Gasteiger partial charge in [0.2, 0.25) is 0 Å². The van der Waals surface area contributed by atoms with Gasteiger partial charge in [0.25, 0.3) is 0 Å². The zero-order valence-corrected chi connectivity index (χ0v) is 9.13. The summed E-state index contributed by atoms with van der Waals surface area (Å²) in [7, 11) is 1.27. The predicted molar refractivity (Wildman–Crippen MR) is 57.7 cm³/mol. The maximum Gasteiger partial charge on any atom is 0.337 e. The molecule has 0 spiro atoms. The molecule has 3 nitrogen and oxygen atoms in total. The molecular weight excluding hydrogens is 209 g/mol. The van der Waals surface area contributed by atoms with Crippen molar-refractivity contribution < 1.29 is 13.9 Å². The van der Waals surface area contributed by atoms with Gasteiger partial charge in [0.05, 0.1) is 12.7 Å². The van der Waals surface area contributed by atoms with Gasteiger partial charge in [-0.1, -0.05) is 6.07 Å². The number of hydrogen-bond donors (Lipinski definition) is 1. The summed E-state index contributed by atoms with van der Waals surface area (Å²) in [6.45, 7) is 0.446. The van der Waals surface area contributed by atoms with Crippen molar-refractivity contribution in [3.8, 4) is 0 Å². The summed E-state index contributed by atoms with van der Waals surface area (Å²) in [5.74, 6) is -0.895. The Labute approximate surface area is 93.4 Å². The molecule has 0 atom stereocenters. The van der Waals surface area contributed by atoms with E-state index in [4.69, 9.17) is 5.73 Å². The van der Waals surface area contributed by atoms with Crippen LogP contribution in [-0.4, -0.2) is 19.6 Å². The molecule has 1 aromatic rings. The van der Waals surface area contributed by atoms with E-state index in [0.29, 0.717) is 12.1 Å². The molecule has 1 aromatic carbocycles. The van der Waals surface area contributed by atoms with E-state index in [9.17, 15) is 9.18 Å². The Balaban J connectivity index is 2.34. The molecule has 1 saturated carbocycles. The van der Waals surface area contributed by atoms with Crippen molar-refractivity contribution in [3.05, 3.63) is 35.1 Å². The Morgan fingerprint density at radius 1 is 1.56 bits per heavy atom. The normalized spacial score (nSPS) is 16.9. The minimum atomic E-state index is -0.525. The maximum absolute atomic E-state index is 13.8. The quantitative estimate of drug-likeness (QED) is 0.792. The van der Waals surface area contributed by atoms with Gasteiger partial charge >= 0.3 is 5.97 Å². The van der Waals surface area contributed by atoms with Crippen molar-refractivity contribution in [1.82, 2.24) is 0 Å². The molecule has 1 fully saturated rings. The number of ether oxygens (including phenoxy) is 1. The number of carbonyl (C=O) groups excluding carboxylic acids is 1. The molecule has 0 unspecified atom stereocenters. The molecule has 16 heavy (non-hydrogen) atoms. The molecule has 0 heterocycles. The average Bonchev–Trinajstić information content (AvgIpc) is 3.08. The summed E-state index contributed by atoms with van der Waals surface area (Å²) in [5.41, 5.74) is 6.29. The van der Waals surface area contributed by atoms with Crippen LogP contribution < -0.4 is 5.73 Å². The molecule has 0 amide bonds. The first-order valence-corrected chi connectivity index (χ1v) is 5.21. The fourth-order valence-corrected chi connectivity index (χ4v) is 1.92. The van der Waals surface area contributed by atoms with Crippen LogP contribution in [0.25, 0.3) is 0 Å². The summed E-state index contributed by atoms with van der Waals surface area (Å²) in [6, 6.07) is 4.44. The summed E-state index contributed by atoms with van der Waals surface area (Å²) in [6.07, 6.45) is 1.83. The number of nitrogens with two attached hydrogens (primary N) is 1. The first-order valence-electron chi connectivity index (χ1n) is 5.21. The summed E-state index contributed by atoms with van der Waals surface area (Å²) >= 11 is 0. The number of esters is 1. The third-order valence-corrected chi connectivity index (χ3v) is 3.21. The number of methoxy groups -OCH3 is 1. The van der Waals surface area contributed by atoms with Gasteiger partial charge in [0, 0.05) is 12.0 Å². The van der Waals surface area contributed by atoms with E-state index in [-0.39, 0.29) is 16.8 Å². The Morgan fingerprint density at radius 3 is 2.69 bits per heavy atom. The van der Waals surface area contributed by atoms with Gasteiger partial charge in [-0.3, -0.25) is 0 Å². The second-order valence-corrected chi connectivity index (χ2v) is 4.17. The zero-order chi connectivity index (χ0) is 11.8. The molecule has 86 valence electrons. The highest BCUT2D eigenvalue weighted by Crippen LogP contribution is 2.48. The molecule has 1 aliphatic carbocycles. The average molecular weight is 223 g/mol. The van der Waals surface area contributed by atoms with Gasteiger partial charge < -0.3 is 10.5 Å². The van der Waals surface area contributed by atoms with Crippen LogP contribution in [0.5, 0.6) is 0 Å². The molecule has 0 bridgehead atoms. The lowest BCUT2D eigenvalue weighted by Crippen LogP contribution is -2.21. The molecule has 1 aliphatic rings. The molecule has 0 radical (unpaired) electrons. The molecular formula is C12H14FNO2. The zero-order valence-electron chi connectivity index (χ0n) is 9.13. The summed E-state index contributed by atoms with van der Waals surface area (Å²) in [4.78, 5) is 11.2. The standard InChI is InChI=1S/C12H14FNO2/c1-16-11(15)8-2-3-9(10(13)6-8)12(7-14)4-5-12/h2-3,6H,4-5,7,14H2,1H3. The Kier molecular flexibility index (Phi) is 2.68. The highest BCUT2D eigenvalue weighted by atomic mass is 19.1.